The van der Waals surface area contributed by atoms with Crippen LogP contribution in [0.15, 0.2) is 48.9 Å². The van der Waals surface area contributed by atoms with Crippen LogP contribution in [0.4, 0.5) is 5.69 Å². The van der Waals surface area contributed by atoms with Crippen LogP contribution in [-0.4, -0.2) is 23.3 Å². The minimum atomic E-state index is 0.445. The lowest BCUT2D eigenvalue weighted by Gasteiger charge is -2.39. The average Bonchev–Trinajstić information content (AvgIpc) is 3.53. The molecule has 2 aliphatic rings. The van der Waals surface area contributed by atoms with Gasteiger partial charge >= 0.3 is 0 Å². The molecule has 0 saturated heterocycles. The topological polar surface area (TPSA) is 52.0 Å². The van der Waals surface area contributed by atoms with E-state index in [9.17, 15) is 0 Å². The van der Waals surface area contributed by atoms with Crippen LogP contribution < -0.4 is 10.2 Å². The van der Waals surface area contributed by atoms with E-state index in [0.29, 0.717) is 12.1 Å². The van der Waals surface area contributed by atoms with Gasteiger partial charge in [0.15, 0.2) is 0 Å². The molecule has 0 radical (unpaired) electrons. The summed E-state index contributed by atoms with van der Waals surface area (Å²) in [6.45, 7) is 10.7. The third kappa shape index (κ3) is 4.18. The molecule has 0 amide bonds. The van der Waals surface area contributed by atoms with Gasteiger partial charge in [0.05, 0.1) is 0 Å². The summed E-state index contributed by atoms with van der Waals surface area (Å²) in [6.07, 6.45) is 10.7. The summed E-state index contributed by atoms with van der Waals surface area (Å²) in [5.74, 6) is 0. The van der Waals surface area contributed by atoms with Crippen LogP contribution in [0.5, 0.6) is 0 Å². The number of nitrogens with one attached hydrogen (secondary N) is 2. The summed E-state index contributed by atoms with van der Waals surface area (Å²) >= 11 is 0. The zero-order valence-corrected chi connectivity index (χ0v) is 18.3. The molecule has 1 aromatic carbocycles. The second-order valence-corrected chi connectivity index (χ2v) is 8.77. The monoisotopic (exact) mass is 400 g/mol. The highest BCUT2D eigenvalue weighted by molar-refractivity contribution is 6.09. The van der Waals surface area contributed by atoms with Gasteiger partial charge in [-0.2, -0.15) is 0 Å². The van der Waals surface area contributed by atoms with Crippen molar-refractivity contribution in [2.45, 2.75) is 65.0 Å². The first-order valence-corrected chi connectivity index (χ1v) is 11.0. The molecule has 1 saturated carbocycles. The van der Waals surface area contributed by atoms with Gasteiger partial charge in [0.2, 0.25) is 0 Å². The number of pyridine rings is 1. The molecule has 30 heavy (non-hydrogen) atoms. The minimum Gasteiger partial charge on any atom is -0.388 e. The highest BCUT2D eigenvalue weighted by Crippen LogP contribution is 2.39. The van der Waals surface area contributed by atoms with Crippen molar-refractivity contribution in [1.29, 1.82) is 5.41 Å². The van der Waals surface area contributed by atoms with Gasteiger partial charge in [0.1, 0.15) is 0 Å². The summed E-state index contributed by atoms with van der Waals surface area (Å²) in [5.41, 5.74) is 9.36. The average molecular weight is 401 g/mol. The summed E-state index contributed by atoms with van der Waals surface area (Å²) in [7, 11) is 0. The van der Waals surface area contributed by atoms with Gasteiger partial charge in [-0.15, -0.1) is 0 Å². The quantitative estimate of drug-likeness (QED) is 0.612. The molecule has 4 heteroatoms. The Morgan fingerprint density at radius 1 is 1.30 bits per heavy atom. The van der Waals surface area contributed by atoms with Crippen molar-refractivity contribution in [1.82, 2.24) is 10.3 Å². The molecular weight excluding hydrogens is 368 g/mol. The van der Waals surface area contributed by atoms with Crippen molar-refractivity contribution in [2.24, 2.45) is 0 Å². The first-order chi connectivity index (χ1) is 14.5. The Bertz CT molecular complexity index is 1000. The number of hydrogen-bond donors (Lipinski definition) is 2. The molecule has 2 heterocycles. The van der Waals surface area contributed by atoms with E-state index in [-0.39, 0.29) is 0 Å². The van der Waals surface area contributed by atoms with Crippen molar-refractivity contribution >= 4 is 17.5 Å². The molecule has 2 N–H and O–H groups in total. The zero-order valence-electron chi connectivity index (χ0n) is 18.3. The number of allylic oxidation sites excluding steroid dienone is 2. The second-order valence-electron chi connectivity index (χ2n) is 8.77. The van der Waals surface area contributed by atoms with Gasteiger partial charge in [0.25, 0.3) is 0 Å². The number of nitrogens with zero attached hydrogens (tertiary/aromatic N) is 2. The van der Waals surface area contributed by atoms with Crippen LogP contribution >= 0.6 is 0 Å². The van der Waals surface area contributed by atoms with E-state index in [1.54, 1.807) is 0 Å². The van der Waals surface area contributed by atoms with E-state index >= 15 is 0 Å². The number of anilines is 1. The lowest BCUT2D eigenvalue weighted by atomic mass is 9.85. The van der Waals surface area contributed by atoms with Crippen molar-refractivity contribution < 1.29 is 0 Å². The van der Waals surface area contributed by atoms with Gasteiger partial charge in [0, 0.05) is 59.8 Å². The number of rotatable bonds is 7. The third-order valence-corrected chi connectivity index (χ3v) is 6.18. The first kappa shape index (κ1) is 20.4. The Balaban J connectivity index is 1.84. The Hall–Kier alpha value is -2.88. The zero-order chi connectivity index (χ0) is 21.3. The van der Waals surface area contributed by atoms with Crippen molar-refractivity contribution in [3.8, 4) is 0 Å². The first-order valence-electron chi connectivity index (χ1n) is 11.0. The molecule has 1 unspecified atom stereocenters. The highest BCUT2D eigenvalue weighted by atomic mass is 15.2. The van der Waals surface area contributed by atoms with Gasteiger partial charge in [-0.25, -0.2) is 0 Å². The number of aryl methyl sites for hydroxylation is 1. The molecule has 0 bridgehead atoms. The maximum absolute atomic E-state index is 8.08. The minimum absolute atomic E-state index is 0.445. The summed E-state index contributed by atoms with van der Waals surface area (Å²) in [6, 6.07) is 9.62. The standard InChI is InChI=1S/C26H32N4/c1-17(2)30-19(4)5-8-24-25(14-22-13-18(3)11-12-28-22)23(9-10-26(24)30)20(15-27)16-29-21-6-7-21/h9-13,15-16,19,21,27,29H,1,5-8,14H2,2-4H3/b20-16+,27-15?. The molecule has 4 nitrogen and oxygen atoms in total. The largest absolute Gasteiger partial charge is 0.388 e. The Morgan fingerprint density at radius 2 is 2.10 bits per heavy atom. The second kappa shape index (κ2) is 8.47. The van der Waals surface area contributed by atoms with E-state index in [2.05, 4.69) is 60.7 Å². The van der Waals surface area contributed by atoms with Gasteiger partial charge < -0.3 is 15.6 Å². The van der Waals surface area contributed by atoms with Crippen molar-refractivity contribution in [3.63, 3.8) is 0 Å². The fourth-order valence-electron chi connectivity index (χ4n) is 4.49. The molecular formula is C26H32N4. The number of aromatic nitrogens is 1. The molecule has 0 spiro atoms. The van der Waals surface area contributed by atoms with Crippen LogP contribution in [0, 0.1) is 12.3 Å². The molecule has 1 aliphatic heterocycles. The Kier molecular flexibility index (Phi) is 5.76. The molecule has 156 valence electrons. The van der Waals surface area contributed by atoms with E-state index in [1.807, 2.05) is 18.5 Å². The van der Waals surface area contributed by atoms with Gasteiger partial charge in [-0.05, 0) is 86.9 Å². The molecule has 2 aromatic rings. The normalized spacial score (nSPS) is 18.7. The summed E-state index contributed by atoms with van der Waals surface area (Å²) < 4.78 is 0. The maximum Gasteiger partial charge on any atom is 0.0450 e. The van der Waals surface area contributed by atoms with Crippen molar-refractivity contribution in [3.05, 3.63) is 76.9 Å². The van der Waals surface area contributed by atoms with Gasteiger partial charge in [-0.3, -0.25) is 4.98 Å². The fourth-order valence-corrected chi connectivity index (χ4v) is 4.49. The lowest BCUT2D eigenvalue weighted by Crippen LogP contribution is -2.36. The van der Waals surface area contributed by atoms with Crippen LogP contribution in [0.25, 0.3) is 5.57 Å². The van der Waals surface area contributed by atoms with E-state index < -0.39 is 0 Å². The van der Waals surface area contributed by atoms with Crippen LogP contribution in [0.3, 0.4) is 0 Å². The van der Waals surface area contributed by atoms with Crippen molar-refractivity contribution in [2.75, 3.05) is 4.90 Å². The summed E-state index contributed by atoms with van der Waals surface area (Å²) in [4.78, 5) is 7.01. The van der Waals surface area contributed by atoms with E-state index in [1.165, 1.54) is 41.4 Å². The maximum atomic E-state index is 8.08. The third-order valence-electron chi connectivity index (χ3n) is 6.18. The molecule has 1 aromatic heterocycles. The number of hydrogen-bond acceptors (Lipinski definition) is 4. The van der Waals surface area contributed by atoms with E-state index in [0.717, 1.165) is 41.8 Å². The van der Waals surface area contributed by atoms with Crippen LogP contribution in [0.2, 0.25) is 0 Å². The Morgan fingerprint density at radius 3 is 2.77 bits per heavy atom. The predicted molar refractivity (Wildman–Crippen MR) is 126 cm³/mol. The molecule has 1 fully saturated rings. The predicted octanol–water partition coefficient (Wildman–Crippen LogP) is 5.40. The number of fused-ring (bicyclic) bond motifs is 1. The lowest BCUT2D eigenvalue weighted by molar-refractivity contribution is 0.598. The summed E-state index contributed by atoms with van der Waals surface area (Å²) in [5, 5.41) is 11.5. The highest BCUT2D eigenvalue weighted by Gasteiger charge is 2.27. The SMILES string of the molecule is C=C(C)N1c2ccc(/C(C=N)=C/NC3CC3)c(Cc3cc(C)ccn3)c2CCC1C. The van der Waals surface area contributed by atoms with E-state index in [4.69, 9.17) is 5.41 Å². The molecule has 1 atom stereocenters. The van der Waals surface area contributed by atoms with Crippen LogP contribution in [-0.2, 0) is 12.8 Å². The molecule has 4 rings (SSSR count). The fraction of sp³-hybridized carbons (Fsp3) is 0.385. The Labute approximate surface area is 180 Å². The molecule has 1 aliphatic carbocycles. The smallest absolute Gasteiger partial charge is 0.0450 e. The van der Waals surface area contributed by atoms with Crippen LogP contribution in [0.1, 0.15) is 61.1 Å². The number of benzene rings is 1. The van der Waals surface area contributed by atoms with Gasteiger partial charge in [-0.1, -0.05) is 12.6 Å².